The van der Waals surface area contributed by atoms with E-state index in [-0.39, 0.29) is 11.7 Å². The maximum absolute atomic E-state index is 9.78. The molecule has 0 saturated carbocycles. The van der Waals surface area contributed by atoms with E-state index in [1.165, 1.54) is 6.21 Å². The molecule has 19 heavy (non-hydrogen) atoms. The second-order valence-corrected chi connectivity index (χ2v) is 4.31. The monoisotopic (exact) mass is 326 g/mol. The van der Waals surface area contributed by atoms with Gasteiger partial charge in [-0.05, 0) is 51.0 Å². The first-order valence-corrected chi connectivity index (χ1v) is 6.14. The summed E-state index contributed by atoms with van der Waals surface area (Å²) >= 11 is 3.24. The van der Waals surface area contributed by atoms with Gasteiger partial charge >= 0.3 is 0 Å². The molecule has 0 unspecified atom stereocenters. The summed E-state index contributed by atoms with van der Waals surface area (Å²) in [4.78, 5) is 1.08. The quantitative estimate of drug-likeness (QED) is 0.811. The number of hydrogen-bond acceptors (Lipinski definition) is 7. The van der Waals surface area contributed by atoms with Crippen molar-refractivity contribution in [1.29, 1.82) is 0 Å². The van der Waals surface area contributed by atoms with Crippen molar-refractivity contribution < 1.29 is 9.84 Å². The van der Waals surface area contributed by atoms with Crippen LogP contribution in [-0.2, 0) is 0 Å². The van der Waals surface area contributed by atoms with E-state index in [2.05, 4.69) is 36.6 Å². The Kier molecular flexibility index (Phi) is 3.95. The Hall–Kier alpha value is -2.16. The lowest BCUT2D eigenvalue weighted by atomic mass is 10.2. The fourth-order valence-corrected chi connectivity index (χ4v) is 1.79. The Morgan fingerprint density at radius 2 is 2.37 bits per heavy atom. The Morgan fingerprint density at radius 1 is 1.58 bits per heavy atom. The summed E-state index contributed by atoms with van der Waals surface area (Å²) in [6.45, 7) is 2.27. The molecule has 0 aliphatic rings. The number of hydrogen-bond donors (Lipinski definition) is 2. The molecule has 3 N–H and O–H groups in total. The van der Waals surface area contributed by atoms with Gasteiger partial charge < -0.3 is 15.6 Å². The second kappa shape index (κ2) is 5.65. The summed E-state index contributed by atoms with van der Waals surface area (Å²) in [6, 6.07) is 3.33. The van der Waals surface area contributed by atoms with Crippen LogP contribution >= 0.6 is 15.9 Å². The largest absolute Gasteiger partial charge is 0.503 e. The molecule has 0 fully saturated rings. The summed E-state index contributed by atoms with van der Waals surface area (Å²) in [5.74, 6) is 0.489. The molecule has 0 saturated heterocycles. The van der Waals surface area contributed by atoms with Crippen LogP contribution in [0, 0.1) is 0 Å². The standard InChI is InChI=1S/C10H11BrN6O2/c1-2-19-8-4-6(3-7(11)9(8)18)5-13-17-10(12)14-15-16-17/h3-5,18H,2H2,1H3,(H2,12,14,16). The van der Waals surface area contributed by atoms with Gasteiger partial charge in [0, 0.05) is 0 Å². The van der Waals surface area contributed by atoms with Crippen molar-refractivity contribution in [2.24, 2.45) is 5.10 Å². The number of nitrogen functional groups attached to an aromatic ring is 1. The Balaban J connectivity index is 2.30. The van der Waals surface area contributed by atoms with E-state index < -0.39 is 0 Å². The minimum absolute atomic E-state index is 0.0425. The summed E-state index contributed by atoms with van der Waals surface area (Å²) in [5.41, 5.74) is 6.17. The molecule has 0 bridgehead atoms. The predicted molar refractivity (Wildman–Crippen MR) is 72.2 cm³/mol. The van der Waals surface area contributed by atoms with Crippen molar-refractivity contribution in [3.05, 3.63) is 22.2 Å². The Bertz CT molecular complexity index is 612. The number of phenolic OH excluding ortho intramolecular Hbond substituents is 1. The van der Waals surface area contributed by atoms with Crippen molar-refractivity contribution in [1.82, 2.24) is 20.3 Å². The van der Waals surface area contributed by atoms with Crippen molar-refractivity contribution in [2.45, 2.75) is 6.92 Å². The number of aromatic nitrogens is 4. The first-order valence-electron chi connectivity index (χ1n) is 5.35. The molecule has 1 heterocycles. The molecule has 8 nitrogen and oxygen atoms in total. The smallest absolute Gasteiger partial charge is 0.263 e. The highest BCUT2D eigenvalue weighted by molar-refractivity contribution is 9.10. The molecule has 2 rings (SSSR count). The molecule has 9 heteroatoms. The highest BCUT2D eigenvalue weighted by Gasteiger charge is 2.08. The number of nitrogens with two attached hydrogens (primary N) is 1. The SMILES string of the molecule is CCOc1cc(C=Nn2nnnc2N)cc(Br)c1O. The van der Waals surface area contributed by atoms with Crippen LogP contribution in [0.4, 0.5) is 5.95 Å². The van der Waals surface area contributed by atoms with Gasteiger partial charge in [0.15, 0.2) is 11.5 Å². The normalized spacial score (nSPS) is 11.1. The minimum Gasteiger partial charge on any atom is -0.503 e. The number of anilines is 1. The van der Waals surface area contributed by atoms with Crippen LogP contribution in [0.3, 0.4) is 0 Å². The van der Waals surface area contributed by atoms with Crippen LogP contribution in [0.15, 0.2) is 21.7 Å². The van der Waals surface area contributed by atoms with Gasteiger partial charge in [-0.15, -0.1) is 0 Å². The van der Waals surface area contributed by atoms with E-state index in [9.17, 15) is 5.11 Å². The fourth-order valence-electron chi connectivity index (χ4n) is 1.33. The van der Waals surface area contributed by atoms with E-state index in [0.29, 0.717) is 22.4 Å². The number of aromatic hydroxyl groups is 1. The summed E-state index contributed by atoms with van der Waals surface area (Å²) < 4.78 is 5.81. The maximum Gasteiger partial charge on any atom is 0.263 e. The van der Waals surface area contributed by atoms with Crippen LogP contribution in [0.2, 0.25) is 0 Å². The maximum atomic E-state index is 9.78. The molecule has 0 aliphatic heterocycles. The lowest BCUT2D eigenvalue weighted by Gasteiger charge is -2.08. The number of benzene rings is 1. The third-order valence-electron chi connectivity index (χ3n) is 2.14. The fraction of sp³-hybridized carbons (Fsp3) is 0.200. The summed E-state index contributed by atoms with van der Waals surface area (Å²) in [7, 11) is 0. The first-order chi connectivity index (χ1) is 9.11. The van der Waals surface area contributed by atoms with E-state index >= 15 is 0 Å². The highest BCUT2D eigenvalue weighted by Crippen LogP contribution is 2.35. The van der Waals surface area contributed by atoms with Gasteiger partial charge in [0.2, 0.25) is 0 Å². The van der Waals surface area contributed by atoms with Crippen LogP contribution < -0.4 is 10.5 Å². The molecule has 0 spiro atoms. The topological polar surface area (TPSA) is 111 Å². The van der Waals surface area contributed by atoms with Gasteiger partial charge in [0.05, 0.1) is 17.3 Å². The number of rotatable bonds is 4. The molecule has 0 aliphatic carbocycles. The average Bonchev–Trinajstić information content (AvgIpc) is 2.78. The zero-order valence-electron chi connectivity index (χ0n) is 9.99. The van der Waals surface area contributed by atoms with Crippen molar-refractivity contribution in [3.63, 3.8) is 0 Å². The van der Waals surface area contributed by atoms with Gasteiger partial charge in [-0.3, -0.25) is 0 Å². The van der Waals surface area contributed by atoms with Gasteiger partial charge in [-0.25, -0.2) is 0 Å². The third-order valence-corrected chi connectivity index (χ3v) is 2.75. The van der Waals surface area contributed by atoms with Gasteiger partial charge in [-0.2, -0.15) is 5.10 Å². The van der Waals surface area contributed by atoms with Gasteiger partial charge in [0.1, 0.15) is 0 Å². The number of halogens is 1. The zero-order valence-corrected chi connectivity index (χ0v) is 11.6. The minimum atomic E-state index is 0.0425. The zero-order chi connectivity index (χ0) is 13.8. The van der Waals surface area contributed by atoms with Crippen molar-refractivity contribution in [3.8, 4) is 11.5 Å². The van der Waals surface area contributed by atoms with Gasteiger partial charge in [-0.1, -0.05) is 9.89 Å². The molecule has 1 aromatic heterocycles. The van der Waals surface area contributed by atoms with Gasteiger partial charge in [0.25, 0.3) is 5.95 Å². The average molecular weight is 327 g/mol. The van der Waals surface area contributed by atoms with Crippen molar-refractivity contribution >= 4 is 28.1 Å². The van der Waals surface area contributed by atoms with Crippen LogP contribution in [0.1, 0.15) is 12.5 Å². The lowest BCUT2D eigenvalue weighted by Crippen LogP contribution is -2.00. The Labute approximate surface area is 117 Å². The highest BCUT2D eigenvalue weighted by atomic mass is 79.9. The van der Waals surface area contributed by atoms with Crippen LogP contribution in [0.25, 0.3) is 0 Å². The molecule has 100 valence electrons. The van der Waals surface area contributed by atoms with Crippen LogP contribution in [-0.4, -0.2) is 38.2 Å². The number of nitrogens with zero attached hydrogens (tertiary/aromatic N) is 5. The first kappa shape index (κ1) is 13.3. The summed E-state index contributed by atoms with van der Waals surface area (Å²) in [5, 5.41) is 24.2. The van der Waals surface area contributed by atoms with E-state index in [4.69, 9.17) is 10.5 Å². The number of ether oxygens (including phenoxy) is 1. The van der Waals surface area contributed by atoms with E-state index in [0.717, 1.165) is 4.79 Å². The van der Waals surface area contributed by atoms with E-state index in [1.54, 1.807) is 12.1 Å². The molecular weight excluding hydrogens is 316 g/mol. The molecule has 1 aromatic carbocycles. The lowest BCUT2D eigenvalue weighted by molar-refractivity contribution is 0.317. The predicted octanol–water partition coefficient (Wildman–Crippen LogP) is 1.00. The molecule has 0 radical (unpaired) electrons. The van der Waals surface area contributed by atoms with Crippen molar-refractivity contribution in [2.75, 3.05) is 12.3 Å². The van der Waals surface area contributed by atoms with E-state index in [1.807, 2.05) is 6.92 Å². The third kappa shape index (κ3) is 2.99. The summed E-state index contributed by atoms with van der Waals surface area (Å²) in [6.07, 6.45) is 1.50. The second-order valence-electron chi connectivity index (χ2n) is 3.45. The Morgan fingerprint density at radius 3 is 3.00 bits per heavy atom. The molecule has 0 amide bonds. The molecule has 0 atom stereocenters. The van der Waals surface area contributed by atoms with Crippen LogP contribution in [0.5, 0.6) is 11.5 Å². The number of tetrazole rings is 1. The molecular formula is C10H11BrN6O2. The number of phenols is 1. The molecule has 2 aromatic rings.